The molecule has 0 spiro atoms. The Balaban J connectivity index is 1.76. The molecule has 0 bridgehead atoms. The van der Waals surface area contributed by atoms with Crippen molar-refractivity contribution in [2.24, 2.45) is 0 Å². The summed E-state index contributed by atoms with van der Waals surface area (Å²) < 4.78 is 5.27. The first-order valence-electron chi connectivity index (χ1n) is 6.55. The number of para-hydroxylation sites is 1. The zero-order valence-electron chi connectivity index (χ0n) is 11.2. The molecular weight excluding hydrogens is 276 g/mol. The van der Waals surface area contributed by atoms with Crippen molar-refractivity contribution in [3.8, 4) is 5.75 Å². The summed E-state index contributed by atoms with van der Waals surface area (Å²) >= 11 is 0. The second kappa shape index (κ2) is 6.74. The average Bonchev–Trinajstić information content (AvgIpc) is 2.47. The number of carboxylic acids is 1. The van der Waals surface area contributed by atoms with Gasteiger partial charge in [-0.1, -0.05) is 18.2 Å². The third kappa shape index (κ3) is 4.20. The zero-order chi connectivity index (χ0) is 15.2. The maximum atomic E-state index is 11.7. The first kappa shape index (κ1) is 14.8. The quantitative estimate of drug-likeness (QED) is 0.609. The summed E-state index contributed by atoms with van der Waals surface area (Å²) in [5, 5.41) is 13.7. The van der Waals surface area contributed by atoms with Crippen LogP contribution in [0, 0.1) is 0 Å². The van der Waals surface area contributed by atoms with Crippen LogP contribution in [-0.2, 0) is 14.4 Å². The van der Waals surface area contributed by atoms with E-state index in [0.717, 1.165) is 0 Å². The molecule has 0 aliphatic carbocycles. The van der Waals surface area contributed by atoms with Gasteiger partial charge in [0, 0.05) is 6.42 Å². The van der Waals surface area contributed by atoms with E-state index in [1.807, 2.05) is 6.07 Å². The van der Waals surface area contributed by atoms with E-state index in [1.54, 1.807) is 24.3 Å². The Hall–Kier alpha value is -2.57. The summed E-state index contributed by atoms with van der Waals surface area (Å²) in [6.45, 7) is -0.195. The molecule has 1 aliphatic rings. The lowest BCUT2D eigenvalue weighted by Crippen LogP contribution is -2.69. The van der Waals surface area contributed by atoms with Gasteiger partial charge < -0.3 is 20.5 Å². The first-order chi connectivity index (χ1) is 10.1. The Morgan fingerprint density at radius 1 is 1.29 bits per heavy atom. The lowest BCUT2D eigenvalue weighted by Gasteiger charge is -2.36. The number of hydrogen-bond donors (Lipinski definition) is 3. The highest BCUT2D eigenvalue weighted by Gasteiger charge is 2.40. The van der Waals surface area contributed by atoms with Gasteiger partial charge in [0.15, 0.2) is 6.61 Å². The first-order valence-corrected chi connectivity index (χ1v) is 6.55. The van der Waals surface area contributed by atoms with Crippen molar-refractivity contribution in [1.29, 1.82) is 0 Å². The van der Waals surface area contributed by atoms with Gasteiger partial charge in [-0.15, -0.1) is 0 Å². The SMILES string of the molecule is O=C(O)CC[C@H]1NC(=O)C1NC(=O)COc1ccccc1. The van der Waals surface area contributed by atoms with Gasteiger partial charge in [-0.25, -0.2) is 0 Å². The van der Waals surface area contributed by atoms with Gasteiger partial charge >= 0.3 is 5.97 Å². The molecule has 1 saturated heterocycles. The molecule has 1 fully saturated rings. The Bertz CT molecular complexity index is 531. The second-order valence-corrected chi connectivity index (χ2v) is 4.69. The van der Waals surface area contributed by atoms with Crippen LogP contribution in [0.5, 0.6) is 5.75 Å². The third-order valence-electron chi connectivity index (χ3n) is 3.11. The number of carbonyl (C=O) groups is 3. The summed E-state index contributed by atoms with van der Waals surface area (Å²) in [6, 6.07) is 7.82. The Morgan fingerprint density at radius 2 is 2.00 bits per heavy atom. The van der Waals surface area contributed by atoms with E-state index in [2.05, 4.69) is 10.6 Å². The molecule has 7 nitrogen and oxygen atoms in total. The van der Waals surface area contributed by atoms with Crippen LogP contribution in [-0.4, -0.2) is 41.6 Å². The highest BCUT2D eigenvalue weighted by molar-refractivity contribution is 5.93. The maximum absolute atomic E-state index is 11.7. The van der Waals surface area contributed by atoms with E-state index >= 15 is 0 Å². The Kier molecular flexibility index (Phi) is 4.76. The molecule has 1 unspecified atom stereocenters. The number of nitrogens with one attached hydrogen (secondary N) is 2. The minimum absolute atomic E-state index is 0.0577. The van der Waals surface area contributed by atoms with Crippen molar-refractivity contribution in [1.82, 2.24) is 10.6 Å². The Morgan fingerprint density at radius 3 is 2.62 bits per heavy atom. The smallest absolute Gasteiger partial charge is 0.303 e. The van der Waals surface area contributed by atoms with Crippen molar-refractivity contribution in [3.05, 3.63) is 30.3 Å². The molecule has 0 radical (unpaired) electrons. The predicted molar refractivity (Wildman–Crippen MR) is 72.7 cm³/mol. The van der Waals surface area contributed by atoms with Gasteiger partial charge in [-0.3, -0.25) is 14.4 Å². The normalized spacial score (nSPS) is 20.1. The van der Waals surface area contributed by atoms with Crippen LogP contribution in [0.4, 0.5) is 0 Å². The third-order valence-corrected chi connectivity index (χ3v) is 3.11. The topological polar surface area (TPSA) is 105 Å². The largest absolute Gasteiger partial charge is 0.484 e. The van der Waals surface area contributed by atoms with E-state index in [1.165, 1.54) is 0 Å². The molecule has 1 aromatic carbocycles. The molecule has 0 saturated carbocycles. The number of benzene rings is 1. The highest BCUT2D eigenvalue weighted by Crippen LogP contribution is 2.13. The fourth-order valence-electron chi connectivity index (χ4n) is 2.01. The molecule has 3 N–H and O–H groups in total. The molecule has 2 atom stereocenters. The van der Waals surface area contributed by atoms with Gasteiger partial charge in [-0.2, -0.15) is 0 Å². The second-order valence-electron chi connectivity index (χ2n) is 4.69. The van der Waals surface area contributed by atoms with E-state index in [-0.39, 0.29) is 31.4 Å². The zero-order valence-corrected chi connectivity index (χ0v) is 11.2. The van der Waals surface area contributed by atoms with Crippen LogP contribution in [0.2, 0.25) is 0 Å². The molecule has 1 heterocycles. The number of carbonyl (C=O) groups excluding carboxylic acids is 2. The molecule has 7 heteroatoms. The number of hydrogen-bond acceptors (Lipinski definition) is 4. The number of β-lactam (4-membered cyclic amide) rings is 1. The molecule has 2 rings (SSSR count). The predicted octanol–water partition coefficient (Wildman–Crippen LogP) is -0.0866. The molecule has 21 heavy (non-hydrogen) atoms. The number of rotatable bonds is 7. The molecule has 1 aliphatic heterocycles. The molecule has 112 valence electrons. The standard InChI is InChI=1S/C14H16N2O5/c17-11(8-21-9-4-2-1-3-5-9)16-13-10(15-14(13)20)6-7-12(18)19/h1-5,10,13H,6-8H2,(H,15,20)(H,16,17)(H,18,19)/t10-,13?/m1/s1. The highest BCUT2D eigenvalue weighted by atomic mass is 16.5. The van der Waals surface area contributed by atoms with Crippen LogP contribution in [0.1, 0.15) is 12.8 Å². The minimum atomic E-state index is -0.936. The van der Waals surface area contributed by atoms with Crippen molar-refractivity contribution < 1.29 is 24.2 Å². The number of amides is 2. The summed E-state index contributed by atoms with van der Waals surface area (Å²) in [6.07, 6.45) is 0.226. The van der Waals surface area contributed by atoms with Crippen molar-refractivity contribution in [2.45, 2.75) is 24.9 Å². The van der Waals surface area contributed by atoms with Crippen LogP contribution in [0.15, 0.2) is 30.3 Å². The van der Waals surface area contributed by atoms with Crippen LogP contribution >= 0.6 is 0 Å². The van der Waals surface area contributed by atoms with Gasteiger partial charge in [0.25, 0.3) is 5.91 Å². The van der Waals surface area contributed by atoms with Gasteiger partial charge in [-0.05, 0) is 18.6 Å². The lowest BCUT2D eigenvalue weighted by atomic mass is 9.94. The number of aliphatic carboxylic acids is 1. The van der Waals surface area contributed by atoms with E-state index in [0.29, 0.717) is 5.75 Å². The number of ether oxygens (including phenoxy) is 1. The van der Waals surface area contributed by atoms with Gasteiger partial charge in [0.2, 0.25) is 5.91 Å². The monoisotopic (exact) mass is 292 g/mol. The van der Waals surface area contributed by atoms with Crippen molar-refractivity contribution in [3.63, 3.8) is 0 Å². The van der Waals surface area contributed by atoms with Crippen LogP contribution in [0.25, 0.3) is 0 Å². The summed E-state index contributed by atoms with van der Waals surface area (Å²) in [4.78, 5) is 33.6. The summed E-state index contributed by atoms with van der Waals surface area (Å²) in [5.74, 6) is -1.10. The van der Waals surface area contributed by atoms with Crippen molar-refractivity contribution in [2.75, 3.05) is 6.61 Å². The average molecular weight is 292 g/mol. The lowest BCUT2D eigenvalue weighted by molar-refractivity contribution is -0.140. The fraction of sp³-hybridized carbons (Fsp3) is 0.357. The van der Waals surface area contributed by atoms with Crippen molar-refractivity contribution >= 4 is 17.8 Å². The van der Waals surface area contributed by atoms with Crippen LogP contribution < -0.4 is 15.4 Å². The van der Waals surface area contributed by atoms with Gasteiger partial charge in [0.1, 0.15) is 11.8 Å². The van der Waals surface area contributed by atoms with E-state index < -0.39 is 17.9 Å². The maximum Gasteiger partial charge on any atom is 0.303 e. The molecule has 2 amide bonds. The minimum Gasteiger partial charge on any atom is -0.484 e. The van der Waals surface area contributed by atoms with Gasteiger partial charge in [0.05, 0.1) is 6.04 Å². The Labute approximate surface area is 121 Å². The van der Waals surface area contributed by atoms with Crippen LogP contribution in [0.3, 0.4) is 0 Å². The number of carboxylic acid groups (broad SMARTS) is 1. The van der Waals surface area contributed by atoms with E-state index in [9.17, 15) is 14.4 Å². The van der Waals surface area contributed by atoms with E-state index in [4.69, 9.17) is 9.84 Å². The summed E-state index contributed by atoms with van der Waals surface area (Å²) in [7, 11) is 0. The summed E-state index contributed by atoms with van der Waals surface area (Å²) in [5.41, 5.74) is 0. The molecular formula is C14H16N2O5. The molecule has 0 aromatic heterocycles. The fourth-order valence-corrected chi connectivity index (χ4v) is 2.01. The molecule has 1 aromatic rings.